The third-order valence-electron chi connectivity index (χ3n) is 4.76. The fourth-order valence-electron chi connectivity index (χ4n) is 3.15. The van der Waals surface area contributed by atoms with Crippen molar-refractivity contribution in [2.45, 2.75) is 13.2 Å². The second kappa shape index (κ2) is 10.2. The maximum atomic E-state index is 13.4. The molecule has 0 spiro atoms. The van der Waals surface area contributed by atoms with Gasteiger partial charge in [-0.05, 0) is 41.5 Å². The zero-order valence-electron chi connectivity index (χ0n) is 17.7. The summed E-state index contributed by atoms with van der Waals surface area (Å²) in [5.41, 5.74) is 2.45. The number of thiazole rings is 1. The maximum absolute atomic E-state index is 13.4. The van der Waals surface area contributed by atoms with Gasteiger partial charge in [0.2, 0.25) is 0 Å². The zero-order chi connectivity index (χ0) is 23.2. The van der Waals surface area contributed by atoms with Gasteiger partial charge in [0, 0.05) is 23.6 Å². The number of carbonyl (C=O) groups is 1. The molecule has 0 bridgehead atoms. The summed E-state index contributed by atoms with van der Waals surface area (Å²) in [5, 5.41) is 5.21. The summed E-state index contributed by atoms with van der Waals surface area (Å²) in [6.45, 7) is 0.398. The molecular formula is C25H20F2N2O3S. The van der Waals surface area contributed by atoms with Crippen LogP contribution in [0.15, 0.2) is 72.1 Å². The number of hydrogen-bond acceptors (Lipinski definition) is 5. The summed E-state index contributed by atoms with van der Waals surface area (Å²) in [4.78, 5) is 16.9. The number of amides is 1. The van der Waals surface area contributed by atoms with E-state index in [2.05, 4.69) is 10.3 Å². The van der Waals surface area contributed by atoms with E-state index in [1.54, 1.807) is 23.6 Å². The smallest absolute Gasteiger partial charge is 0.271 e. The summed E-state index contributed by atoms with van der Waals surface area (Å²) < 4.78 is 37.9. The molecule has 0 saturated carbocycles. The van der Waals surface area contributed by atoms with Gasteiger partial charge in [0.1, 0.15) is 28.9 Å². The molecule has 1 aromatic heterocycles. The molecule has 0 aliphatic carbocycles. The average Bonchev–Trinajstić information content (AvgIpc) is 3.32. The van der Waals surface area contributed by atoms with Gasteiger partial charge in [-0.15, -0.1) is 11.3 Å². The van der Waals surface area contributed by atoms with Gasteiger partial charge in [-0.1, -0.05) is 30.3 Å². The summed E-state index contributed by atoms with van der Waals surface area (Å²) in [6.07, 6.45) is 0. The number of methoxy groups -OCH3 is 1. The minimum Gasteiger partial charge on any atom is -0.493 e. The number of aromatic nitrogens is 1. The Morgan fingerprint density at radius 1 is 0.970 bits per heavy atom. The molecule has 168 valence electrons. The molecule has 0 saturated heterocycles. The van der Waals surface area contributed by atoms with E-state index in [-0.39, 0.29) is 12.5 Å². The molecule has 1 amide bonds. The Morgan fingerprint density at radius 2 is 1.73 bits per heavy atom. The number of halogens is 2. The number of benzene rings is 3. The molecule has 4 rings (SSSR count). The van der Waals surface area contributed by atoms with Crippen molar-refractivity contribution >= 4 is 17.2 Å². The summed E-state index contributed by atoms with van der Waals surface area (Å²) in [7, 11) is 1.50. The number of ether oxygens (including phenoxy) is 2. The molecule has 33 heavy (non-hydrogen) atoms. The Morgan fingerprint density at radius 3 is 2.45 bits per heavy atom. The van der Waals surface area contributed by atoms with Crippen molar-refractivity contribution in [3.05, 3.63) is 101 Å². The molecule has 4 aromatic rings. The van der Waals surface area contributed by atoms with E-state index >= 15 is 0 Å². The molecule has 0 aliphatic heterocycles. The molecule has 0 atom stereocenters. The second-order valence-electron chi connectivity index (χ2n) is 7.14. The Bertz CT molecular complexity index is 1240. The molecule has 0 radical (unpaired) electrons. The van der Waals surface area contributed by atoms with Crippen molar-refractivity contribution in [2.75, 3.05) is 7.11 Å². The quantitative estimate of drug-likeness (QED) is 0.367. The van der Waals surface area contributed by atoms with E-state index in [4.69, 9.17) is 9.47 Å². The average molecular weight is 467 g/mol. The second-order valence-corrected chi connectivity index (χ2v) is 8.00. The highest BCUT2D eigenvalue weighted by Crippen LogP contribution is 2.34. The molecule has 0 aliphatic rings. The van der Waals surface area contributed by atoms with E-state index in [0.29, 0.717) is 34.3 Å². The lowest BCUT2D eigenvalue weighted by atomic mass is 10.2. The van der Waals surface area contributed by atoms with Crippen LogP contribution in [-0.4, -0.2) is 18.0 Å². The first-order valence-corrected chi connectivity index (χ1v) is 10.9. The van der Waals surface area contributed by atoms with Crippen LogP contribution in [0.4, 0.5) is 8.78 Å². The molecule has 8 heteroatoms. The van der Waals surface area contributed by atoms with Gasteiger partial charge in [0.15, 0.2) is 11.5 Å². The monoisotopic (exact) mass is 466 g/mol. The number of carbonyl (C=O) groups excluding carboxylic acids is 1. The molecule has 0 unspecified atom stereocenters. The first-order valence-electron chi connectivity index (χ1n) is 10.1. The highest BCUT2D eigenvalue weighted by molar-refractivity contribution is 7.13. The number of hydrogen-bond donors (Lipinski definition) is 1. The normalized spacial score (nSPS) is 10.6. The SMILES string of the molecule is COc1cc(-c2nc(C(=O)NCc3ccccc3)cs2)ccc1OCc1cc(F)cc(F)c1. The van der Waals surface area contributed by atoms with Crippen LogP contribution in [0.25, 0.3) is 10.6 Å². The van der Waals surface area contributed by atoms with Crippen LogP contribution in [0.3, 0.4) is 0 Å². The van der Waals surface area contributed by atoms with Crippen molar-refractivity contribution < 1.29 is 23.0 Å². The van der Waals surface area contributed by atoms with Crippen molar-refractivity contribution in [1.29, 1.82) is 0 Å². The molecular weight excluding hydrogens is 446 g/mol. The third-order valence-corrected chi connectivity index (χ3v) is 5.65. The topological polar surface area (TPSA) is 60.5 Å². The van der Waals surface area contributed by atoms with Crippen LogP contribution in [0, 0.1) is 11.6 Å². The standard InChI is InChI=1S/C25H20F2N2O3S/c1-31-23-11-18(7-8-22(23)32-14-17-9-19(26)12-20(27)10-17)25-29-21(15-33-25)24(30)28-13-16-5-3-2-4-6-16/h2-12,15H,13-14H2,1H3,(H,28,30). The Hall–Kier alpha value is -3.78. The van der Waals surface area contributed by atoms with Gasteiger partial charge in [-0.3, -0.25) is 4.79 Å². The van der Waals surface area contributed by atoms with Gasteiger partial charge >= 0.3 is 0 Å². The van der Waals surface area contributed by atoms with E-state index in [0.717, 1.165) is 17.2 Å². The Labute approximate surface area is 193 Å². The summed E-state index contributed by atoms with van der Waals surface area (Å²) in [6, 6.07) is 18.1. The third kappa shape index (κ3) is 5.72. The maximum Gasteiger partial charge on any atom is 0.271 e. The summed E-state index contributed by atoms with van der Waals surface area (Å²) >= 11 is 1.34. The summed E-state index contributed by atoms with van der Waals surface area (Å²) in [5.74, 6) is -0.722. The first kappa shape index (κ1) is 22.4. The van der Waals surface area contributed by atoms with Crippen LogP contribution in [0.5, 0.6) is 11.5 Å². The van der Waals surface area contributed by atoms with E-state index in [1.807, 2.05) is 30.3 Å². The van der Waals surface area contributed by atoms with Gasteiger partial charge in [0.05, 0.1) is 7.11 Å². The predicted molar refractivity (Wildman–Crippen MR) is 122 cm³/mol. The van der Waals surface area contributed by atoms with Gasteiger partial charge in [-0.2, -0.15) is 0 Å². The van der Waals surface area contributed by atoms with Gasteiger partial charge < -0.3 is 14.8 Å². The number of nitrogens with zero attached hydrogens (tertiary/aromatic N) is 1. The van der Waals surface area contributed by atoms with Gasteiger partial charge in [-0.25, -0.2) is 13.8 Å². The highest BCUT2D eigenvalue weighted by atomic mass is 32.1. The Kier molecular flexibility index (Phi) is 6.95. The van der Waals surface area contributed by atoms with Crippen molar-refractivity contribution in [2.24, 2.45) is 0 Å². The molecule has 1 heterocycles. The minimum absolute atomic E-state index is 0.0205. The highest BCUT2D eigenvalue weighted by Gasteiger charge is 2.14. The van der Waals surface area contributed by atoms with Crippen molar-refractivity contribution in [3.63, 3.8) is 0 Å². The fraction of sp³-hybridized carbons (Fsp3) is 0.120. The molecule has 1 N–H and O–H groups in total. The minimum atomic E-state index is -0.664. The lowest BCUT2D eigenvalue weighted by Crippen LogP contribution is -2.23. The van der Waals surface area contributed by atoms with Crippen LogP contribution in [0.2, 0.25) is 0 Å². The molecule has 0 fully saturated rings. The van der Waals surface area contributed by atoms with Crippen LogP contribution >= 0.6 is 11.3 Å². The van der Waals surface area contributed by atoms with Crippen LogP contribution in [0.1, 0.15) is 21.6 Å². The van der Waals surface area contributed by atoms with E-state index in [9.17, 15) is 13.6 Å². The number of rotatable bonds is 8. The van der Waals surface area contributed by atoms with E-state index < -0.39 is 11.6 Å². The fourth-order valence-corrected chi connectivity index (χ4v) is 3.95. The van der Waals surface area contributed by atoms with Crippen LogP contribution in [-0.2, 0) is 13.2 Å². The largest absolute Gasteiger partial charge is 0.493 e. The predicted octanol–water partition coefficient (Wildman–Crippen LogP) is 5.61. The zero-order valence-corrected chi connectivity index (χ0v) is 18.5. The number of nitrogens with one attached hydrogen (secondary N) is 1. The van der Waals surface area contributed by atoms with E-state index in [1.165, 1.54) is 30.6 Å². The lowest BCUT2D eigenvalue weighted by Gasteiger charge is -2.12. The lowest BCUT2D eigenvalue weighted by molar-refractivity contribution is 0.0946. The van der Waals surface area contributed by atoms with Crippen molar-refractivity contribution in [1.82, 2.24) is 10.3 Å². The van der Waals surface area contributed by atoms with Gasteiger partial charge in [0.25, 0.3) is 5.91 Å². The first-order chi connectivity index (χ1) is 16.0. The molecule has 3 aromatic carbocycles. The van der Waals surface area contributed by atoms with Crippen molar-refractivity contribution in [3.8, 4) is 22.1 Å². The van der Waals surface area contributed by atoms with Crippen LogP contribution < -0.4 is 14.8 Å². The molecule has 5 nitrogen and oxygen atoms in total. The Balaban J connectivity index is 1.44.